The summed E-state index contributed by atoms with van der Waals surface area (Å²) >= 11 is 0. The molecule has 0 radical (unpaired) electrons. The summed E-state index contributed by atoms with van der Waals surface area (Å²) in [5.74, 6) is 0. The van der Waals surface area contributed by atoms with Crippen molar-refractivity contribution >= 4 is 55.2 Å². The van der Waals surface area contributed by atoms with Gasteiger partial charge in [-0.1, -0.05) is 224 Å². The molecule has 0 unspecified atom stereocenters. The van der Waals surface area contributed by atoms with Gasteiger partial charge < -0.3 is 9.30 Å². The second-order valence-electron chi connectivity index (χ2n) is 18.1. The van der Waals surface area contributed by atoms with Crippen LogP contribution in [0.4, 0.5) is 17.1 Å². The predicted molar refractivity (Wildman–Crippen MR) is 297 cm³/mol. The molecular weight excluding hydrogens is 845 g/mol. The van der Waals surface area contributed by atoms with Crippen LogP contribution >= 0.6 is 0 Å². The summed E-state index contributed by atoms with van der Waals surface area (Å²) in [6, 6.07) is 101. The lowest BCUT2D eigenvalue weighted by atomic mass is 9.94. The van der Waals surface area contributed by atoms with E-state index in [0.29, 0.717) is 0 Å². The van der Waals surface area contributed by atoms with E-state index in [1.165, 1.54) is 105 Å². The zero-order valence-corrected chi connectivity index (χ0v) is 38.5. The maximum atomic E-state index is 2.47. The lowest BCUT2D eigenvalue weighted by Crippen LogP contribution is -2.09. The molecule has 0 amide bonds. The fourth-order valence-electron chi connectivity index (χ4n) is 10.6. The van der Waals surface area contributed by atoms with Crippen LogP contribution in [0.2, 0.25) is 0 Å². The molecule has 0 fully saturated rings. The van der Waals surface area contributed by atoms with Crippen molar-refractivity contribution in [2.24, 2.45) is 0 Å². The first-order valence-electron chi connectivity index (χ1n) is 24.1. The number of anilines is 3. The third kappa shape index (κ3) is 7.22. The Hall–Kier alpha value is -9.24. The molecule has 0 bridgehead atoms. The van der Waals surface area contributed by atoms with Crippen LogP contribution < -0.4 is 4.90 Å². The molecule has 0 atom stereocenters. The fraction of sp³-hybridized carbons (Fsp3) is 0. The maximum Gasteiger partial charge on any atom is 0.0625 e. The van der Waals surface area contributed by atoms with Crippen LogP contribution in [0.5, 0.6) is 0 Å². The number of para-hydroxylation sites is 3. The van der Waals surface area contributed by atoms with Gasteiger partial charge in [0.1, 0.15) is 0 Å². The summed E-state index contributed by atoms with van der Waals surface area (Å²) in [7, 11) is 0. The van der Waals surface area contributed by atoms with Crippen molar-refractivity contribution in [3.8, 4) is 66.8 Å². The first-order valence-corrected chi connectivity index (χ1v) is 24.1. The van der Waals surface area contributed by atoms with E-state index in [0.717, 1.165) is 17.1 Å². The Labute approximate surface area is 408 Å². The molecule has 328 valence electrons. The molecule has 70 heavy (non-hydrogen) atoms. The maximum absolute atomic E-state index is 2.47. The van der Waals surface area contributed by atoms with Gasteiger partial charge in [-0.05, 0) is 121 Å². The number of benzene rings is 11. The highest BCUT2D eigenvalue weighted by molar-refractivity contribution is 6.22. The van der Waals surface area contributed by atoms with Gasteiger partial charge in [-0.2, -0.15) is 0 Å². The molecule has 2 aromatic heterocycles. The van der Waals surface area contributed by atoms with E-state index >= 15 is 0 Å². The number of hydrogen-bond acceptors (Lipinski definition) is 1. The van der Waals surface area contributed by atoms with Crippen molar-refractivity contribution < 1.29 is 0 Å². The first kappa shape index (κ1) is 41.0. The molecule has 0 N–H and O–H groups in total. The van der Waals surface area contributed by atoms with E-state index in [1.54, 1.807) is 0 Å². The zero-order chi connectivity index (χ0) is 46.4. The highest BCUT2D eigenvalue weighted by Crippen LogP contribution is 2.44. The molecule has 13 aromatic rings. The largest absolute Gasteiger partial charge is 0.310 e. The van der Waals surface area contributed by atoms with Gasteiger partial charge in [-0.3, -0.25) is 0 Å². The quantitative estimate of drug-likeness (QED) is 0.131. The van der Waals surface area contributed by atoms with Crippen LogP contribution in [-0.2, 0) is 0 Å². The number of fused-ring (bicyclic) bond motifs is 8. The topological polar surface area (TPSA) is 7.65 Å². The molecule has 2 nitrogen and oxygen atoms in total. The second kappa shape index (κ2) is 17.4. The minimum absolute atomic E-state index is 1.10. The Kier molecular flexibility index (Phi) is 10.2. The van der Waals surface area contributed by atoms with Gasteiger partial charge in [0.05, 0.1) is 16.6 Å². The first-order chi connectivity index (χ1) is 34.7. The summed E-state index contributed by atoms with van der Waals surface area (Å²) in [4.78, 5) is 2.34. The molecular formula is C68H46N2. The Morgan fingerprint density at radius 1 is 0.229 bits per heavy atom. The summed E-state index contributed by atoms with van der Waals surface area (Å²) in [5.41, 5.74) is 21.5. The van der Waals surface area contributed by atoms with E-state index < -0.39 is 0 Å². The molecule has 0 aliphatic rings. The summed E-state index contributed by atoms with van der Waals surface area (Å²) < 4.78 is 2.47. The van der Waals surface area contributed by atoms with E-state index in [9.17, 15) is 0 Å². The van der Waals surface area contributed by atoms with E-state index in [1.807, 2.05) is 0 Å². The van der Waals surface area contributed by atoms with Gasteiger partial charge in [-0.25, -0.2) is 0 Å². The van der Waals surface area contributed by atoms with Gasteiger partial charge in [0.2, 0.25) is 0 Å². The fourth-order valence-corrected chi connectivity index (χ4v) is 10.6. The average molecular weight is 891 g/mol. The van der Waals surface area contributed by atoms with Crippen molar-refractivity contribution in [2.75, 3.05) is 4.90 Å². The molecule has 2 heteroatoms. The highest BCUT2D eigenvalue weighted by Gasteiger charge is 2.20. The Balaban J connectivity index is 0.803. The molecule has 11 aromatic carbocycles. The van der Waals surface area contributed by atoms with Crippen molar-refractivity contribution in [3.05, 3.63) is 279 Å². The Morgan fingerprint density at radius 3 is 1.27 bits per heavy atom. The van der Waals surface area contributed by atoms with Crippen LogP contribution in [0.1, 0.15) is 0 Å². The molecule has 0 saturated carbocycles. The van der Waals surface area contributed by atoms with Gasteiger partial charge in [-0.15, -0.1) is 0 Å². The van der Waals surface area contributed by atoms with E-state index in [-0.39, 0.29) is 0 Å². The molecule has 0 aliphatic carbocycles. The molecule has 13 rings (SSSR count). The normalized spacial score (nSPS) is 11.4. The SMILES string of the molecule is c1ccc(-c2ccccc2-c2ccc(N(c3ccccc3)c3cccc(-c4ccc(-c5ccc(-c6ccc7c(c6)c6ccccc6n6c8ccccc8c(-c8ccccc8)c76)cc5)cc4)c3)cc2)cc1. The minimum atomic E-state index is 1.10. The summed E-state index contributed by atoms with van der Waals surface area (Å²) in [5, 5.41) is 5.02. The van der Waals surface area contributed by atoms with E-state index in [2.05, 4.69) is 288 Å². The highest BCUT2D eigenvalue weighted by atomic mass is 15.1. The Morgan fingerprint density at radius 2 is 0.643 bits per heavy atom. The molecule has 2 heterocycles. The predicted octanol–water partition coefficient (Wildman–Crippen LogP) is 18.9. The van der Waals surface area contributed by atoms with Crippen LogP contribution in [0.25, 0.3) is 105 Å². The third-order valence-corrected chi connectivity index (χ3v) is 14.0. The molecule has 0 spiro atoms. The average Bonchev–Trinajstić information content (AvgIpc) is 3.80. The Bertz CT molecular complexity index is 4000. The number of pyridine rings is 1. The number of rotatable bonds is 9. The lowest BCUT2D eigenvalue weighted by Gasteiger charge is -2.26. The van der Waals surface area contributed by atoms with Crippen LogP contribution in [0, 0.1) is 0 Å². The van der Waals surface area contributed by atoms with Gasteiger partial charge in [0.15, 0.2) is 0 Å². The van der Waals surface area contributed by atoms with Gasteiger partial charge in [0, 0.05) is 38.8 Å². The number of nitrogens with zero attached hydrogens (tertiary/aromatic N) is 2. The van der Waals surface area contributed by atoms with Crippen LogP contribution in [-0.4, -0.2) is 4.40 Å². The number of hydrogen-bond donors (Lipinski definition) is 0. The van der Waals surface area contributed by atoms with Crippen molar-refractivity contribution in [1.82, 2.24) is 4.40 Å². The smallest absolute Gasteiger partial charge is 0.0625 e. The standard InChI is InChI=1S/C68H46N2/c1-4-17-51(18-5-1)59-25-10-11-26-60(59)52-39-42-57(43-40-52)69(56-22-8-3-9-23-56)58-24-16-21-54(45-58)49-35-31-47(32-36-49)48-33-37-50(38-34-48)55-41-44-62-64(46-55)61-27-12-14-29-65(61)70-66-30-15-13-28-63(66)67(68(62)70)53-19-6-2-7-20-53/h1-46H. The number of aromatic nitrogens is 1. The van der Waals surface area contributed by atoms with Crippen molar-refractivity contribution in [2.45, 2.75) is 0 Å². The zero-order valence-electron chi connectivity index (χ0n) is 38.5. The third-order valence-electron chi connectivity index (χ3n) is 14.0. The van der Waals surface area contributed by atoms with E-state index in [4.69, 9.17) is 0 Å². The molecule has 0 saturated heterocycles. The summed E-state index contributed by atoms with van der Waals surface area (Å²) in [6.07, 6.45) is 0. The van der Waals surface area contributed by atoms with Crippen LogP contribution in [0.15, 0.2) is 279 Å². The van der Waals surface area contributed by atoms with Gasteiger partial charge >= 0.3 is 0 Å². The summed E-state index contributed by atoms with van der Waals surface area (Å²) in [6.45, 7) is 0. The lowest BCUT2D eigenvalue weighted by molar-refractivity contribution is 1.28. The molecule has 0 aliphatic heterocycles. The van der Waals surface area contributed by atoms with Crippen LogP contribution in [0.3, 0.4) is 0 Å². The van der Waals surface area contributed by atoms with Crippen molar-refractivity contribution in [1.29, 1.82) is 0 Å². The van der Waals surface area contributed by atoms with Crippen molar-refractivity contribution in [3.63, 3.8) is 0 Å². The minimum Gasteiger partial charge on any atom is -0.310 e. The van der Waals surface area contributed by atoms with Gasteiger partial charge in [0.25, 0.3) is 0 Å². The monoisotopic (exact) mass is 890 g/mol. The second-order valence-corrected chi connectivity index (χ2v) is 18.1.